The van der Waals surface area contributed by atoms with Crippen LogP contribution in [0.5, 0.6) is 0 Å². The Morgan fingerprint density at radius 1 is 1.07 bits per heavy atom. The van der Waals surface area contributed by atoms with Crippen molar-refractivity contribution in [3.63, 3.8) is 0 Å². The van der Waals surface area contributed by atoms with Crippen molar-refractivity contribution in [2.75, 3.05) is 23.3 Å². The zero-order valence-electron chi connectivity index (χ0n) is 17.5. The minimum absolute atomic E-state index is 0.204. The van der Waals surface area contributed by atoms with Crippen molar-refractivity contribution in [1.82, 2.24) is 15.3 Å². The molecule has 0 radical (unpaired) electrons. The fraction of sp³-hybridized carbons (Fsp3) is 0.476. The van der Waals surface area contributed by atoms with Crippen LogP contribution in [0.15, 0.2) is 24.3 Å². The van der Waals surface area contributed by atoms with Crippen LogP contribution in [0.1, 0.15) is 56.4 Å². The summed E-state index contributed by atoms with van der Waals surface area (Å²) >= 11 is 0. The summed E-state index contributed by atoms with van der Waals surface area (Å²) in [5.41, 5.74) is 4.00. The molecule has 1 aromatic carbocycles. The third-order valence-electron chi connectivity index (χ3n) is 4.16. The standard InChI is InChI=1S/C21H31N5O/c1-8-26(9-2)16-10-11-17(14(3)12-16)23-20-22-15(4)13-18(24-20)19(27)25-21(5,6)7/h10-13H,8-9H2,1-7H3,(H,25,27)(H,22,23,24). The van der Waals surface area contributed by atoms with Crippen LogP contribution < -0.4 is 15.5 Å². The third-order valence-corrected chi connectivity index (χ3v) is 4.16. The molecular weight excluding hydrogens is 338 g/mol. The number of nitrogens with one attached hydrogen (secondary N) is 2. The Hall–Kier alpha value is -2.63. The van der Waals surface area contributed by atoms with E-state index in [2.05, 4.69) is 58.4 Å². The summed E-state index contributed by atoms with van der Waals surface area (Å²) in [4.78, 5) is 23.6. The van der Waals surface area contributed by atoms with E-state index in [-0.39, 0.29) is 11.4 Å². The number of anilines is 3. The number of hydrogen-bond acceptors (Lipinski definition) is 5. The van der Waals surface area contributed by atoms with E-state index in [0.29, 0.717) is 11.6 Å². The maximum absolute atomic E-state index is 12.4. The van der Waals surface area contributed by atoms with Crippen molar-refractivity contribution < 1.29 is 4.79 Å². The van der Waals surface area contributed by atoms with E-state index in [0.717, 1.165) is 30.0 Å². The molecule has 1 heterocycles. The minimum atomic E-state index is -0.319. The molecule has 2 rings (SSSR count). The fourth-order valence-corrected chi connectivity index (χ4v) is 2.84. The van der Waals surface area contributed by atoms with Crippen LogP contribution in [0.3, 0.4) is 0 Å². The molecule has 0 aliphatic heterocycles. The third kappa shape index (κ3) is 5.67. The summed E-state index contributed by atoms with van der Waals surface area (Å²) in [6, 6.07) is 7.97. The molecule has 0 fully saturated rings. The van der Waals surface area contributed by atoms with Gasteiger partial charge < -0.3 is 15.5 Å². The van der Waals surface area contributed by atoms with E-state index in [1.807, 2.05) is 33.8 Å². The average Bonchev–Trinajstić information content (AvgIpc) is 2.56. The molecule has 1 aromatic heterocycles. The quantitative estimate of drug-likeness (QED) is 0.798. The summed E-state index contributed by atoms with van der Waals surface area (Å²) in [5.74, 6) is 0.220. The highest BCUT2D eigenvalue weighted by molar-refractivity contribution is 5.93. The van der Waals surface area contributed by atoms with Crippen molar-refractivity contribution in [3.05, 3.63) is 41.2 Å². The number of amides is 1. The van der Waals surface area contributed by atoms with E-state index in [1.54, 1.807) is 6.07 Å². The second-order valence-electron chi connectivity index (χ2n) is 7.72. The first-order chi connectivity index (χ1) is 12.6. The van der Waals surface area contributed by atoms with Crippen molar-refractivity contribution in [2.24, 2.45) is 0 Å². The van der Waals surface area contributed by atoms with Gasteiger partial charge in [-0.1, -0.05) is 0 Å². The van der Waals surface area contributed by atoms with Crippen molar-refractivity contribution >= 4 is 23.2 Å². The van der Waals surface area contributed by atoms with Crippen LogP contribution in [-0.2, 0) is 0 Å². The molecule has 1 amide bonds. The van der Waals surface area contributed by atoms with E-state index in [1.165, 1.54) is 5.69 Å². The summed E-state index contributed by atoms with van der Waals surface area (Å²) in [6.07, 6.45) is 0. The Kier molecular flexibility index (Phi) is 6.41. The zero-order chi connectivity index (χ0) is 20.2. The lowest BCUT2D eigenvalue weighted by atomic mass is 10.1. The lowest BCUT2D eigenvalue weighted by molar-refractivity contribution is 0.0914. The maximum atomic E-state index is 12.4. The molecule has 0 saturated heterocycles. The van der Waals surface area contributed by atoms with Gasteiger partial charge in [0.15, 0.2) is 0 Å². The largest absolute Gasteiger partial charge is 0.372 e. The van der Waals surface area contributed by atoms with Crippen LogP contribution in [0.25, 0.3) is 0 Å². The Morgan fingerprint density at radius 3 is 2.30 bits per heavy atom. The van der Waals surface area contributed by atoms with E-state index >= 15 is 0 Å². The van der Waals surface area contributed by atoms with E-state index in [4.69, 9.17) is 0 Å². The molecule has 0 aliphatic rings. The SMILES string of the molecule is CCN(CC)c1ccc(Nc2nc(C)cc(C(=O)NC(C)(C)C)n2)c(C)c1. The van der Waals surface area contributed by atoms with Gasteiger partial charge in [-0.25, -0.2) is 9.97 Å². The molecule has 2 N–H and O–H groups in total. The molecule has 0 atom stereocenters. The Bertz CT molecular complexity index is 807. The van der Waals surface area contributed by atoms with Gasteiger partial charge in [0, 0.05) is 35.7 Å². The molecule has 27 heavy (non-hydrogen) atoms. The summed E-state index contributed by atoms with van der Waals surface area (Å²) in [6.45, 7) is 16.0. The van der Waals surface area contributed by atoms with Gasteiger partial charge in [-0.05, 0) is 78.3 Å². The Balaban J connectivity index is 2.26. The van der Waals surface area contributed by atoms with E-state index in [9.17, 15) is 4.79 Å². The molecular formula is C21H31N5O. The second-order valence-corrected chi connectivity index (χ2v) is 7.72. The van der Waals surface area contributed by atoms with Crippen LogP contribution in [0, 0.1) is 13.8 Å². The molecule has 0 spiro atoms. The lowest BCUT2D eigenvalue weighted by Gasteiger charge is -2.22. The van der Waals surface area contributed by atoms with Gasteiger partial charge in [0.05, 0.1) is 0 Å². The van der Waals surface area contributed by atoms with E-state index < -0.39 is 0 Å². The fourth-order valence-electron chi connectivity index (χ4n) is 2.84. The smallest absolute Gasteiger partial charge is 0.270 e. The molecule has 0 unspecified atom stereocenters. The first-order valence-corrected chi connectivity index (χ1v) is 9.43. The first kappa shape index (κ1) is 20.7. The number of hydrogen-bond donors (Lipinski definition) is 2. The summed E-state index contributed by atoms with van der Waals surface area (Å²) in [5, 5.41) is 6.19. The number of aromatic nitrogens is 2. The van der Waals surface area contributed by atoms with Crippen molar-refractivity contribution in [2.45, 2.75) is 54.0 Å². The first-order valence-electron chi connectivity index (χ1n) is 9.43. The monoisotopic (exact) mass is 369 g/mol. The molecule has 6 nitrogen and oxygen atoms in total. The number of carbonyl (C=O) groups is 1. The molecule has 2 aromatic rings. The van der Waals surface area contributed by atoms with Gasteiger partial charge in [0.25, 0.3) is 5.91 Å². The molecule has 0 aliphatic carbocycles. The Labute approximate surface area is 162 Å². The van der Waals surface area contributed by atoms with Crippen molar-refractivity contribution in [3.8, 4) is 0 Å². The number of rotatable bonds is 6. The maximum Gasteiger partial charge on any atom is 0.270 e. The van der Waals surface area contributed by atoms with Gasteiger partial charge in [-0.15, -0.1) is 0 Å². The number of benzene rings is 1. The molecule has 6 heteroatoms. The molecule has 0 bridgehead atoms. The molecule has 146 valence electrons. The summed E-state index contributed by atoms with van der Waals surface area (Å²) < 4.78 is 0. The number of aryl methyl sites for hydroxylation is 2. The highest BCUT2D eigenvalue weighted by Gasteiger charge is 2.18. The number of nitrogens with zero attached hydrogens (tertiary/aromatic N) is 3. The van der Waals surface area contributed by atoms with Crippen molar-refractivity contribution in [1.29, 1.82) is 0 Å². The van der Waals surface area contributed by atoms with Gasteiger partial charge >= 0.3 is 0 Å². The average molecular weight is 370 g/mol. The van der Waals surface area contributed by atoms with Gasteiger partial charge in [-0.2, -0.15) is 0 Å². The molecule has 0 saturated carbocycles. The predicted octanol–water partition coefficient (Wildman–Crippen LogP) is 4.21. The Morgan fingerprint density at radius 2 is 1.74 bits per heavy atom. The highest BCUT2D eigenvalue weighted by atomic mass is 16.2. The topological polar surface area (TPSA) is 70.2 Å². The predicted molar refractivity (Wildman–Crippen MR) is 112 cm³/mol. The van der Waals surface area contributed by atoms with Gasteiger partial charge in [-0.3, -0.25) is 4.79 Å². The highest BCUT2D eigenvalue weighted by Crippen LogP contribution is 2.24. The normalized spacial score (nSPS) is 11.2. The van der Waals surface area contributed by atoms with Crippen LogP contribution >= 0.6 is 0 Å². The minimum Gasteiger partial charge on any atom is -0.372 e. The van der Waals surface area contributed by atoms with Crippen LogP contribution in [0.2, 0.25) is 0 Å². The van der Waals surface area contributed by atoms with Gasteiger partial charge in [0.1, 0.15) is 5.69 Å². The lowest BCUT2D eigenvalue weighted by Crippen LogP contribution is -2.41. The van der Waals surface area contributed by atoms with Crippen LogP contribution in [0.4, 0.5) is 17.3 Å². The van der Waals surface area contributed by atoms with Gasteiger partial charge in [0.2, 0.25) is 5.95 Å². The second kappa shape index (κ2) is 8.37. The van der Waals surface area contributed by atoms with Crippen LogP contribution in [-0.4, -0.2) is 34.5 Å². The zero-order valence-corrected chi connectivity index (χ0v) is 17.5. The summed E-state index contributed by atoms with van der Waals surface area (Å²) in [7, 11) is 0. The number of carbonyl (C=O) groups excluding carboxylic acids is 1.